The SMILES string of the molecule is O=C1S/C(=C\c2cc(Br)c(OCc3ccc(Cl)cc3Cl)c(Br)c2)C(=O)N1Cc1ccc(F)cc1Cl. The van der Waals surface area contributed by atoms with Crippen LogP contribution in [0.3, 0.4) is 0 Å². The highest BCUT2D eigenvalue weighted by Crippen LogP contribution is 2.39. The highest BCUT2D eigenvalue weighted by atomic mass is 79.9. The Labute approximate surface area is 236 Å². The molecule has 3 aromatic rings. The largest absolute Gasteiger partial charge is 0.486 e. The van der Waals surface area contributed by atoms with Crippen molar-refractivity contribution in [2.24, 2.45) is 0 Å². The molecule has 2 amide bonds. The maximum absolute atomic E-state index is 13.3. The highest BCUT2D eigenvalue weighted by molar-refractivity contribution is 9.11. The molecule has 1 aliphatic heterocycles. The van der Waals surface area contributed by atoms with E-state index in [0.717, 1.165) is 28.3 Å². The van der Waals surface area contributed by atoms with Crippen LogP contribution in [0.15, 0.2) is 62.4 Å². The van der Waals surface area contributed by atoms with Gasteiger partial charge >= 0.3 is 0 Å². The third kappa shape index (κ3) is 6.24. The first-order chi connectivity index (χ1) is 16.6. The van der Waals surface area contributed by atoms with Crippen molar-refractivity contribution in [2.75, 3.05) is 0 Å². The first-order valence-electron chi connectivity index (χ1n) is 9.87. The van der Waals surface area contributed by atoms with Gasteiger partial charge in [0.25, 0.3) is 11.1 Å². The van der Waals surface area contributed by atoms with E-state index in [1.54, 1.807) is 36.4 Å². The van der Waals surface area contributed by atoms with E-state index >= 15 is 0 Å². The van der Waals surface area contributed by atoms with E-state index < -0.39 is 17.0 Å². The van der Waals surface area contributed by atoms with Gasteiger partial charge in [-0.05, 0) is 97.2 Å². The first-order valence-corrected chi connectivity index (χ1v) is 13.4. The third-order valence-corrected chi connectivity index (χ3v) is 7.95. The predicted octanol–water partition coefficient (Wildman–Crippen LogP) is 9.13. The molecular formula is C24H13Br2Cl3FNO3S. The van der Waals surface area contributed by atoms with Crippen molar-refractivity contribution in [2.45, 2.75) is 13.2 Å². The summed E-state index contributed by atoms with van der Waals surface area (Å²) >= 11 is 26.0. The van der Waals surface area contributed by atoms with E-state index in [0.29, 0.717) is 35.9 Å². The van der Waals surface area contributed by atoms with Crippen molar-refractivity contribution in [3.8, 4) is 5.75 Å². The van der Waals surface area contributed by atoms with Gasteiger partial charge in [0.2, 0.25) is 0 Å². The van der Waals surface area contributed by atoms with Gasteiger partial charge in [0.1, 0.15) is 18.2 Å². The summed E-state index contributed by atoms with van der Waals surface area (Å²) in [7, 11) is 0. The zero-order chi connectivity index (χ0) is 25.3. The van der Waals surface area contributed by atoms with Gasteiger partial charge in [-0.1, -0.05) is 46.9 Å². The lowest BCUT2D eigenvalue weighted by molar-refractivity contribution is -0.123. The minimum Gasteiger partial charge on any atom is -0.486 e. The minimum atomic E-state index is -0.493. The Morgan fingerprint density at radius 2 is 1.60 bits per heavy atom. The second kappa shape index (κ2) is 11.2. The van der Waals surface area contributed by atoms with E-state index in [4.69, 9.17) is 39.5 Å². The Morgan fingerprint density at radius 1 is 0.943 bits per heavy atom. The van der Waals surface area contributed by atoms with Crippen molar-refractivity contribution in [1.82, 2.24) is 4.90 Å². The maximum Gasteiger partial charge on any atom is 0.293 e. The molecule has 1 aliphatic rings. The number of hydrogen-bond donors (Lipinski definition) is 0. The summed E-state index contributed by atoms with van der Waals surface area (Å²) in [5.41, 5.74) is 1.92. The summed E-state index contributed by atoms with van der Waals surface area (Å²) in [4.78, 5) is 26.7. The van der Waals surface area contributed by atoms with Gasteiger partial charge in [0, 0.05) is 20.6 Å². The molecule has 1 fully saturated rings. The predicted molar refractivity (Wildman–Crippen MR) is 146 cm³/mol. The van der Waals surface area contributed by atoms with Gasteiger partial charge in [-0.25, -0.2) is 4.39 Å². The van der Waals surface area contributed by atoms with Gasteiger partial charge in [-0.3, -0.25) is 14.5 Å². The summed E-state index contributed by atoms with van der Waals surface area (Å²) in [6.07, 6.45) is 1.62. The number of ether oxygens (including phenoxy) is 1. The van der Waals surface area contributed by atoms with Crippen LogP contribution in [0.1, 0.15) is 16.7 Å². The zero-order valence-corrected chi connectivity index (χ0v) is 23.7. The number of carbonyl (C=O) groups is 2. The van der Waals surface area contributed by atoms with Crippen molar-refractivity contribution < 1.29 is 18.7 Å². The quantitative estimate of drug-likeness (QED) is 0.244. The molecular weight excluding hydrogens is 667 g/mol. The number of hydrogen-bond acceptors (Lipinski definition) is 4. The number of amides is 2. The Hall–Kier alpha value is -1.55. The van der Waals surface area contributed by atoms with Gasteiger partial charge in [-0.2, -0.15) is 0 Å². The Balaban J connectivity index is 1.51. The number of rotatable bonds is 6. The monoisotopic (exact) mass is 677 g/mol. The first kappa shape index (κ1) is 26.5. The number of benzene rings is 3. The van der Waals surface area contributed by atoms with Crippen LogP contribution in [0.25, 0.3) is 6.08 Å². The van der Waals surface area contributed by atoms with Gasteiger partial charge in [0.05, 0.1) is 20.4 Å². The number of thioether (sulfide) groups is 1. The molecule has 0 atom stereocenters. The lowest BCUT2D eigenvalue weighted by Gasteiger charge is -2.14. The van der Waals surface area contributed by atoms with E-state index in [2.05, 4.69) is 31.9 Å². The molecule has 11 heteroatoms. The van der Waals surface area contributed by atoms with Crippen molar-refractivity contribution in [3.05, 3.63) is 100.0 Å². The molecule has 0 N–H and O–H groups in total. The third-order valence-electron chi connectivity index (χ3n) is 4.92. The summed E-state index contributed by atoms with van der Waals surface area (Å²) in [6, 6.07) is 12.5. The molecule has 0 saturated carbocycles. The standard InChI is InChI=1S/C24H13Br2Cl3FNO3S/c25-17-5-12(6-18(26)22(17)34-11-14-1-3-15(27)8-19(14)28)7-21-23(32)31(24(33)35-21)10-13-2-4-16(30)9-20(13)29/h1-9H,10-11H2/b21-7-. The summed E-state index contributed by atoms with van der Waals surface area (Å²) in [6.45, 7) is 0.173. The molecule has 0 unspecified atom stereocenters. The number of carbonyl (C=O) groups excluding carboxylic acids is 2. The normalized spacial score (nSPS) is 14.8. The summed E-state index contributed by atoms with van der Waals surface area (Å²) in [5.74, 6) is -0.398. The van der Waals surface area contributed by atoms with Crippen molar-refractivity contribution in [3.63, 3.8) is 0 Å². The lowest BCUT2D eigenvalue weighted by Crippen LogP contribution is -2.27. The van der Waals surface area contributed by atoms with Gasteiger partial charge < -0.3 is 4.74 Å². The number of nitrogens with zero attached hydrogens (tertiary/aromatic N) is 1. The fourth-order valence-electron chi connectivity index (χ4n) is 3.20. The molecule has 0 spiro atoms. The average Bonchev–Trinajstić information content (AvgIpc) is 3.03. The van der Waals surface area contributed by atoms with Crippen LogP contribution in [0.5, 0.6) is 5.75 Å². The average molecular weight is 681 g/mol. The van der Waals surface area contributed by atoms with E-state index in [-0.39, 0.29) is 23.1 Å². The Morgan fingerprint density at radius 3 is 2.26 bits per heavy atom. The molecule has 180 valence electrons. The fourth-order valence-corrected chi connectivity index (χ4v) is 6.18. The second-order valence-corrected chi connectivity index (χ2v) is 11.3. The smallest absolute Gasteiger partial charge is 0.293 e. The molecule has 0 bridgehead atoms. The van der Waals surface area contributed by atoms with Crippen LogP contribution >= 0.6 is 78.4 Å². The molecule has 1 saturated heterocycles. The fraction of sp³-hybridized carbons (Fsp3) is 0.0833. The lowest BCUT2D eigenvalue weighted by atomic mass is 10.2. The Kier molecular flexibility index (Phi) is 8.51. The van der Waals surface area contributed by atoms with Crippen LogP contribution in [0, 0.1) is 5.82 Å². The topological polar surface area (TPSA) is 46.6 Å². The molecule has 3 aromatic carbocycles. The molecule has 0 aliphatic carbocycles. The minimum absolute atomic E-state index is 0.0471. The van der Waals surface area contributed by atoms with Crippen LogP contribution in [0.4, 0.5) is 9.18 Å². The van der Waals surface area contributed by atoms with Crippen LogP contribution in [-0.2, 0) is 17.9 Å². The van der Waals surface area contributed by atoms with Crippen LogP contribution < -0.4 is 4.74 Å². The van der Waals surface area contributed by atoms with E-state index in [1.165, 1.54) is 12.1 Å². The molecule has 4 nitrogen and oxygen atoms in total. The maximum atomic E-state index is 13.3. The van der Waals surface area contributed by atoms with E-state index in [1.807, 2.05) is 0 Å². The Bertz CT molecular complexity index is 1360. The molecule has 1 heterocycles. The molecule has 0 radical (unpaired) electrons. The van der Waals surface area contributed by atoms with Gasteiger partial charge in [-0.15, -0.1) is 0 Å². The van der Waals surface area contributed by atoms with Crippen LogP contribution in [0.2, 0.25) is 15.1 Å². The number of imide groups is 1. The summed E-state index contributed by atoms with van der Waals surface area (Å²) in [5, 5.41) is 0.755. The highest BCUT2D eigenvalue weighted by Gasteiger charge is 2.35. The molecule has 0 aromatic heterocycles. The molecule has 35 heavy (non-hydrogen) atoms. The van der Waals surface area contributed by atoms with E-state index in [9.17, 15) is 14.0 Å². The molecule has 4 rings (SSSR count). The van der Waals surface area contributed by atoms with Crippen molar-refractivity contribution in [1.29, 1.82) is 0 Å². The number of halogens is 6. The zero-order valence-electron chi connectivity index (χ0n) is 17.5. The van der Waals surface area contributed by atoms with Crippen molar-refractivity contribution >= 4 is 95.6 Å². The summed E-state index contributed by atoms with van der Waals surface area (Å²) < 4.78 is 20.5. The second-order valence-electron chi connectivity index (χ2n) is 7.34. The van der Waals surface area contributed by atoms with Gasteiger partial charge in [0.15, 0.2) is 0 Å². The van der Waals surface area contributed by atoms with Crippen LogP contribution in [-0.4, -0.2) is 16.0 Å².